The van der Waals surface area contributed by atoms with E-state index >= 15 is 0 Å². The van der Waals surface area contributed by atoms with Gasteiger partial charge in [0.1, 0.15) is 17.5 Å². The molecule has 4 rings (SSSR count). The van der Waals surface area contributed by atoms with Gasteiger partial charge in [0.25, 0.3) is 0 Å². The van der Waals surface area contributed by atoms with Gasteiger partial charge >= 0.3 is 0 Å². The predicted molar refractivity (Wildman–Crippen MR) is 93.6 cm³/mol. The minimum Gasteiger partial charge on any atom is -0.426 e. The third-order valence-corrected chi connectivity index (χ3v) is 4.73. The fraction of sp³-hybridized carbons (Fsp3) is 0.444. The van der Waals surface area contributed by atoms with Gasteiger partial charge in [0, 0.05) is 31.8 Å². The quantitative estimate of drug-likeness (QED) is 0.770. The van der Waals surface area contributed by atoms with E-state index in [9.17, 15) is 0 Å². The molecular weight excluding hydrogens is 316 g/mol. The zero-order chi connectivity index (χ0) is 17.2. The Morgan fingerprint density at radius 3 is 2.92 bits per heavy atom. The Labute approximate surface area is 146 Å². The second-order valence-corrected chi connectivity index (χ2v) is 6.66. The van der Waals surface area contributed by atoms with E-state index in [0.717, 1.165) is 42.6 Å². The normalized spacial score (nSPS) is 20.1. The van der Waals surface area contributed by atoms with Crippen LogP contribution in [0.4, 0.5) is 5.82 Å². The zero-order valence-corrected chi connectivity index (χ0v) is 14.5. The van der Waals surface area contributed by atoms with Crippen LogP contribution in [0.3, 0.4) is 0 Å². The summed E-state index contributed by atoms with van der Waals surface area (Å²) < 4.78 is 7.49. The smallest absolute Gasteiger partial charge is 0.216 e. The Morgan fingerprint density at radius 1 is 1.24 bits per heavy atom. The van der Waals surface area contributed by atoms with Crippen molar-refractivity contribution in [2.45, 2.75) is 45.6 Å². The molecule has 1 saturated carbocycles. The molecule has 7 heteroatoms. The van der Waals surface area contributed by atoms with E-state index in [1.54, 1.807) is 6.20 Å². The van der Waals surface area contributed by atoms with E-state index in [0.29, 0.717) is 17.9 Å². The van der Waals surface area contributed by atoms with Gasteiger partial charge in [0.05, 0.1) is 0 Å². The molecule has 0 spiro atoms. The van der Waals surface area contributed by atoms with Crippen molar-refractivity contribution in [3.8, 4) is 5.82 Å². The maximum Gasteiger partial charge on any atom is 0.216 e. The number of nitrogens with one attached hydrogen (secondary N) is 1. The van der Waals surface area contributed by atoms with Gasteiger partial charge in [-0.2, -0.15) is 0 Å². The summed E-state index contributed by atoms with van der Waals surface area (Å²) in [6, 6.07) is 6.47. The van der Waals surface area contributed by atoms with Gasteiger partial charge in [-0.1, -0.05) is 6.07 Å². The number of hydrogen-bond donors (Lipinski definition) is 1. The Morgan fingerprint density at radius 2 is 2.16 bits per heavy atom. The van der Waals surface area contributed by atoms with Gasteiger partial charge in [0.2, 0.25) is 11.8 Å². The van der Waals surface area contributed by atoms with Gasteiger partial charge in [-0.05, 0) is 44.2 Å². The first-order valence-corrected chi connectivity index (χ1v) is 8.70. The van der Waals surface area contributed by atoms with Crippen LogP contribution in [0.15, 0.2) is 35.0 Å². The lowest BCUT2D eigenvalue weighted by Crippen LogP contribution is -2.17. The maximum absolute atomic E-state index is 5.50. The molecule has 25 heavy (non-hydrogen) atoms. The van der Waals surface area contributed by atoms with Crippen LogP contribution in [0.25, 0.3) is 5.82 Å². The van der Waals surface area contributed by atoms with E-state index in [1.807, 2.05) is 42.8 Å². The molecule has 3 heterocycles. The van der Waals surface area contributed by atoms with Crippen LogP contribution in [0.1, 0.15) is 36.9 Å². The van der Waals surface area contributed by atoms with Crippen molar-refractivity contribution < 1.29 is 4.42 Å². The second-order valence-electron chi connectivity index (χ2n) is 6.66. The van der Waals surface area contributed by atoms with Crippen molar-refractivity contribution in [1.29, 1.82) is 0 Å². The van der Waals surface area contributed by atoms with E-state index in [1.165, 1.54) is 6.42 Å². The molecule has 0 saturated heterocycles. The van der Waals surface area contributed by atoms with Gasteiger partial charge in [-0.15, -0.1) is 10.2 Å². The number of anilines is 1. The third kappa shape index (κ3) is 3.55. The first-order chi connectivity index (χ1) is 12.2. The molecule has 7 nitrogen and oxygen atoms in total. The molecule has 0 amide bonds. The maximum atomic E-state index is 5.50. The fourth-order valence-corrected chi connectivity index (χ4v) is 3.53. The van der Waals surface area contributed by atoms with Crippen LogP contribution in [0.5, 0.6) is 0 Å². The highest BCUT2D eigenvalue weighted by Crippen LogP contribution is 2.30. The summed E-state index contributed by atoms with van der Waals surface area (Å²) in [6.45, 7) is 3.80. The van der Waals surface area contributed by atoms with Crippen LogP contribution in [-0.4, -0.2) is 30.8 Å². The van der Waals surface area contributed by atoms with Gasteiger partial charge in [-0.25, -0.2) is 9.97 Å². The van der Waals surface area contributed by atoms with Crippen LogP contribution < -0.4 is 5.32 Å². The van der Waals surface area contributed by atoms with E-state index < -0.39 is 0 Å². The van der Waals surface area contributed by atoms with Crippen molar-refractivity contribution in [3.05, 3.63) is 48.2 Å². The summed E-state index contributed by atoms with van der Waals surface area (Å²) in [7, 11) is 0. The largest absolute Gasteiger partial charge is 0.426 e. The van der Waals surface area contributed by atoms with Crippen molar-refractivity contribution in [2.75, 3.05) is 5.32 Å². The number of nitrogens with zero attached hydrogens (tertiary/aromatic N) is 5. The monoisotopic (exact) mass is 338 g/mol. The van der Waals surface area contributed by atoms with Crippen molar-refractivity contribution in [2.24, 2.45) is 5.92 Å². The Kier molecular flexibility index (Phi) is 4.21. The molecule has 0 radical (unpaired) electrons. The molecule has 0 unspecified atom stereocenters. The summed E-state index contributed by atoms with van der Waals surface area (Å²) in [5.41, 5.74) is 0. The predicted octanol–water partition coefficient (Wildman–Crippen LogP) is 3.09. The number of rotatable bonds is 5. The highest BCUT2D eigenvalue weighted by atomic mass is 16.4. The van der Waals surface area contributed by atoms with Gasteiger partial charge in [-0.3, -0.25) is 4.57 Å². The van der Waals surface area contributed by atoms with Crippen LogP contribution in [0, 0.1) is 19.8 Å². The first kappa shape index (κ1) is 15.8. The van der Waals surface area contributed by atoms with Crippen molar-refractivity contribution in [3.63, 3.8) is 0 Å². The lowest BCUT2D eigenvalue weighted by molar-refractivity contribution is 0.416. The number of aryl methyl sites for hydroxylation is 2. The molecule has 1 fully saturated rings. The third-order valence-electron chi connectivity index (χ3n) is 4.73. The Hall–Kier alpha value is -2.70. The van der Waals surface area contributed by atoms with E-state index in [4.69, 9.17) is 9.40 Å². The SMILES string of the molecule is Cc1nnc(C[C@@H]2CC[C@H](Nc3cccc(-n4ccnc4C)n3)C2)o1. The van der Waals surface area contributed by atoms with E-state index in [-0.39, 0.29) is 0 Å². The van der Waals surface area contributed by atoms with Crippen LogP contribution >= 0.6 is 0 Å². The molecule has 1 N–H and O–H groups in total. The number of hydrogen-bond acceptors (Lipinski definition) is 6. The zero-order valence-electron chi connectivity index (χ0n) is 14.5. The molecular formula is C18H22N6O. The van der Waals surface area contributed by atoms with Crippen LogP contribution in [-0.2, 0) is 6.42 Å². The topological polar surface area (TPSA) is 81.7 Å². The van der Waals surface area contributed by atoms with Gasteiger partial charge < -0.3 is 9.73 Å². The lowest BCUT2D eigenvalue weighted by Gasteiger charge is -2.14. The molecule has 1 aliphatic rings. The average Bonchev–Trinajstić information content (AvgIpc) is 3.31. The fourth-order valence-electron chi connectivity index (χ4n) is 3.53. The van der Waals surface area contributed by atoms with Crippen molar-refractivity contribution in [1.82, 2.24) is 24.7 Å². The highest BCUT2D eigenvalue weighted by molar-refractivity contribution is 5.41. The standard InChI is InChI=1S/C18H22N6O/c1-12-19-8-9-24(12)17-5-3-4-16(21-17)20-15-7-6-14(10-15)11-18-23-22-13(2)25-18/h3-5,8-9,14-15H,6-7,10-11H2,1-2H3,(H,20,21)/t14-,15+/m1/s1. The first-order valence-electron chi connectivity index (χ1n) is 8.70. The Balaban J connectivity index is 1.39. The summed E-state index contributed by atoms with van der Waals surface area (Å²) in [5, 5.41) is 11.6. The Bertz CT molecular complexity index is 855. The summed E-state index contributed by atoms with van der Waals surface area (Å²) >= 11 is 0. The molecule has 0 aliphatic heterocycles. The number of imidazole rings is 1. The number of pyridine rings is 1. The van der Waals surface area contributed by atoms with Crippen molar-refractivity contribution >= 4 is 5.82 Å². The minimum absolute atomic E-state index is 0.431. The highest BCUT2D eigenvalue weighted by Gasteiger charge is 2.26. The molecule has 0 aromatic carbocycles. The number of aromatic nitrogens is 5. The summed E-state index contributed by atoms with van der Waals surface area (Å²) in [5.74, 6) is 4.69. The lowest BCUT2D eigenvalue weighted by atomic mass is 10.0. The molecule has 0 bridgehead atoms. The average molecular weight is 338 g/mol. The molecule has 3 aromatic heterocycles. The summed E-state index contributed by atoms with van der Waals surface area (Å²) in [4.78, 5) is 8.98. The van der Waals surface area contributed by atoms with Gasteiger partial charge in [0.15, 0.2) is 0 Å². The molecule has 130 valence electrons. The molecule has 3 aromatic rings. The molecule has 2 atom stereocenters. The van der Waals surface area contributed by atoms with Crippen LogP contribution in [0.2, 0.25) is 0 Å². The second kappa shape index (κ2) is 6.66. The molecule has 1 aliphatic carbocycles. The summed E-state index contributed by atoms with van der Waals surface area (Å²) in [6.07, 6.45) is 7.97. The van der Waals surface area contributed by atoms with E-state index in [2.05, 4.69) is 20.5 Å². The minimum atomic E-state index is 0.431.